The number of pyridine rings is 1. The minimum Gasteiger partial charge on any atom is -0.276 e. The molecule has 0 saturated heterocycles. The van der Waals surface area contributed by atoms with Crippen LogP contribution in [-0.2, 0) is 10.0 Å². The first-order chi connectivity index (χ1) is 6.43. The van der Waals surface area contributed by atoms with E-state index in [2.05, 4.69) is 4.98 Å². The number of anilines is 1. The molecule has 78 valence electrons. The number of hydrogen-bond acceptors (Lipinski definition) is 3. The number of halogens is 3. The van der Waals surface area contributed by atoms with Crippen molar-refractivity contribution in [2.24, 2.45) is 0 Å². The highest BCUT2D eigenvalue weighted by atomic mass is 35.5. The summed E-state index contributed by atoms with van der Waals surface area (Å²) in [5.74, 6) is -3.50. The zero-order valence-corrected chi connectivity index (χ0v) is 8.19. The van der Waals surface area contributed by atoms with E-state index in [1.165, 1.54) is 12.3 Å². The van der Waals surface area contributed by atoms with Gasteiger partial charge in [0.25, 0.3) is 10.0 Å². The molecule has 0 aliphatic rings. The van der Waals surface area contributed by atoms with Gasteiger partial charge in [0, 0.05) is 6.20 Å². The van der Waals surface area contributed by atoms with Crippen LogP contribution in [0.25, 0.3) is 0 Å². The molecule has 1 N–H and O–H groups in total. The Hall–Kier alpha value is -0.950. The summed E-state index contributed by atoms with van der Waals surface area (Å²) in [5, 5.41) is 0.00391. The van der Waals surface area contributed by atoms with Gasteiger partial charge < -0.3 is 0 Å². The normalized spacial score (nSPS) is 11.7. The molecule has 1 rings (SSSR count). The largest absolute Gasteiger partial charge is 0.355 e. The quantitative estimate of drug-likeness (QED) is 0.878. The van der Waals surface area contributed by atoms with Crippen molar-refractivity contribution in [2.75, 3.05) is 4.72 Å². The number of nitrogens with zero attached hydrogens (tertiary/aromatic N) is 1. The lowest BCUT2D eigenvalue weighted by atomic mass is 10.4. The van der Waals surface area contributed by atoms with Crippen LogP contribution in [0.1, 0.15) is 0 Å². The van der Waals surface area contributed by atoms with Gasteiger partial charge in [-0.15, -0.1) is 0 Å². The van der Waals surface area contributed by atoms with Crippen LogP contribution in [0.5, 0.6) is 0 Å². The molecule has 0 aliphatic heterocycles. The van der Waals surface area contributed by atoms with Crippen molar-refractivity contribution in [1.29, 1.82) is 0 Å². The van der Waals surface area contributed by atoms with Gasteiger partial charge in [-0.05, 0) is 6.07 Å². The topological polar surface area (TPSA) is 59.1 Å². The van der Waals surface area contributed by atoms with Gasteiger partial charge in [-0.3, -0.25) is 9.71 Å². The fourth-order valence-corrected chi connectivity index (χ4v) is 1.42. The monoisotopic (exact) mass is 242 g/mol. The lowest BCUT2D eigenvalue weighted by Crippen LogP contribution is -2.20. The van der Waals surface area contributed by atoms with Crippen molar-refractivity contribution in [3.8, 4) is 0 Å². The van der Waals surface area contributed by atoms with E-state index in [9.17, 15) is 17.2 Å². The zero-order chi connectivity index (χ0) is 10.8. The first-order valence-electron chi connectivity index (χ1n) is 3.33. The predicted octanol–water partition coefficient (Wildman–Crippen LogP) is 1.70. The van der Waals surface area contributed by atoms with Crippen LogP contribution in [0.3, 0.4) is 0 Å². The molecule has 14 heavy (non-hydrogen) atoms. The number of alkyl halides is 2. The Balaban J connectivity index is 2.96. The summed E-state index contributed by atoms with van der Waals surface area (Å²) < 4.78 is 46.9. The molecule has 0 aliphatic carbocycles. The van der Waals surface area contributed by atoms with Gasteiger partial charge in [-0.25, -0.2) is 8.42 Å². The molecule has 0 radical (unpaired) electrons. The summed E-state index contributed by atoms with van der Waals surface area (Å²) >= 11 is 5.52. The fourth-order valence-electron chi connectivity index (χ4n) is 0.650. The Morgan fingerprint density at radius 2 is 2.14 bits per heavy atom. The lowest BCUT2D eigenvalue weighted by molar-refractivity contribution is 0.236. The van der Waals surface area contributed by atoms with Crippen molar-refractivity contribution in [3.63, 3.8) is 0 Å². The van der Waals surface area contributed by atoms with E-state index in [1.807, 2.05) is 0 Å². The Bertz CT molecular complexity index is 424. The second-order valence-electron chi connectivity index (χ2n) is 2.26. The lowest BCUT2D eigenvalue weighted by Gasteiger charge is -2.07. The van der Waals surface area contributed by atoms with E-state index in [4.69, 9.17) is 11.6 Å². The molecule has 8 heteroatoms. The Morgan fingerprint density at radius 1 is 1.50 bits per heavy atom. The third-order valence-electron chi connectivity index (χ3n) is 1.25. The summed E-state index contributed by atoms with van der Waals surface area (Å²) in [7, 11) is -4.68. The van der Waals surface area contributed by atoms with Gasteiger partial charge in [0.2, 0.25) is 0 Å². The predicted molar refractivity (Wildman–Crippen MR) is 47.8 cm³/mol. The van der Waals surface area contributed by atoms with E-state index >= 15 is 0 Å². The van der Waals surface area contributed by atoms with Crippen molar-refractivity contribution in [3.05, 3.63) is 23.5 Å². The first kappa shape index (κ1) is 11.1. The van der Waals surface area contributed by atoms with Gasteiger partial charge in [0.05, 0.1) is 16.9 Å². The number of hydrogen-bond donors (Lipinski definition) is 1. The van der Waals surface area contributed by atoms with Gasteiger partial charge in [0.15, 0.2) is 0 Å². The molecule has 0 spiro atoms. The van der Waals surface area contributed by atoms with E-state index < -0.39 is 15.8 Å². The molecule has 0 aromatic carbocycles. The van der Waals surface area contributed by atoms with Gasteiger partial charge in [-0.1, -0.05) is 11.6 Å². The molecule has 0 saturated carbocycles. The Morgan fingerprint density at radius 3 is 2.64 bits per heavy atom. The second kappa shape index (κ2) is 4.05. The molecule has 4 nitrogen and oxygen atoms in total. The SMILES string of the molecule is O=S(=O)(Nc1cnccc1Cl)C(F)F. The maximum Gasteiger partial charge on any atom is 0.355 e. The minimum atomic E-state index is -4.68. The molecule has 0 amide bonds. The second-order valence-corrected chi connectivity index (χ2v) is 4.32. The highest BCUT2D eigenvalue weighted by Crippen LogP contribution is 2.21. The molecule has 0 unspecified atom stereocenters. The van der Waals surface area contributed by atoms with Crippen LogP contribution in [0.2, 0.25) is 5.02 Å². The molecule has 0 bridgehead atoms. The Labute approximate surface area is 84.0 Å². The first-order valence-corrected chi connectivity index (χ1v) is 5.25. The standard InChI is InChI=1S/C6H5ClF2N2O2S/c7-4-1-2-10-3-5(4)11-14(12,13)6(8)9/h1-3,6,11H. The molecule has 0 atom stereocenters. The average Bonchev–Trinajstić information content (AvgIpc) is 2.08. The molecular formula is C6H5ClF2N2O2S. The van der Waals surface area contributed by atoms with E-state index in [0.717, 1.165) is 6.20 Å². The average molecular weight is 243 g/mol. The molecule has 1 aromatic rings. The summed E-state index contributed by atoms with van der Waals surface area (Å²) in [4.78, 5) is 3.53. The van der Waals surface area contributed by atoms with Crippen LogP contribution >= 0.6 is 11.6 Å². The third kappa shape index (κ3) is 2.52. The summed E-state index contributed by atoms with van der Waals surface area (Å²) in [6.07, 6.45) is 2.35. The van der Waals surface area contributed by atoms with Crippen LogP contribution in [0.4, 0.5) is 14.5 Å². The van der Waals surface area contributed by atoms with Crippen molar-refractivity contribution >= 4 is 27.3 Å². The highest BCUT2D eigenvalue weighted by Gasteiger charge is 2.24. The number of sulfonamides is 1. The number of rotatable bonds is 3. The van der Waals surface area contributed by atoms with Crippen LogP contribution in [-0.4, -0.2) is 19.2 Å². The van der Waals surface area contributed by atoms with Gasteiger partial charge in [-0.2, -0.15) is 8.78 Å². The van der Waals surface area contributed by atoms with Gasteiger partial charge in [0.1, 0.15) is 0 Å². The molecular weight excluding hydrogens is 238 g/mol. The number of nitrogens with one attached hydrogen (secondary N) is 1. The van der Waals surface area contributed by atoms with Crippen molar-refractivity contribution in [1.82, 2.24) is 4.98 Å². The van der Waals surface area contributed by atoms with Crippen LogP contribution in [0.15, 0.2) is 18.5 Å². The fraction of sp³-hybridized carbons (Fsp3) is 0.167. The van der Waals surface area contributed by atoms with Crippen LogP contribution in [0, 0.1) is 0 Å². The minimum absolute atomic E-state index is 0.00391. The van der Waals surface area contributed by atoms with E-state index in [1.54, 1.807) is 4.72 Å². The maximum absolute atomic E-state index is 11.9. The summed E-state index contributed by atoms with van der Waals surface area (Å²) in [5.41, 5.74) is -0.172. The van der Waals surface area contributed by atoms with Gasteiger partial charge >= 0.3 is 5.76 Å². The molecule has 1 aromatic heterocycles. The zero-order valence-electron chi connectivity index (χ0n) is 6.62. The Kier molecular flexibility index (Phi) is 3.22. The third-order valence-corrected chi connectivity index (χ3v) is 2.56. The molecule has 1 heterocycles. The van der Waals surface area contributed by atoms with Crippen molar-refractivity contribution in [2.45, 2.75) is 5.76 Å². The number of aromatic nitrogens is 1. The van der Waals surface area contributed by atoms with E-state index in [0.29, 0.717) is 0 Å². The van der Waals surface area contributed by atoms with E-state index in [-0.39, 0.29) is 10.7 Å². The summed E-state index contributed by atoms with van der Waals surface area (Å²) in [6.45, 7) is 0. The smallest absolute Gasteiger partial charge is 0.276 e. The van der Waals surface area contributed by atoms with Crippen LogP contribution < -0.4 is 4.72 Å². The highest BCUT2D eigenvalue weighted by molar-refractivity contribution is 7.93. The molecule has 0 fully saturated rings. The maximum atomic E-state index is 11.9. The summed E-state index contributed by atoms with van der Waals surface area (Å²) in [6, 6.07) is 1.28. The van der Waals surface area contributed by atoms with Crippen molar-refractivity contribution < 1.29 is 17.2 Å².